The predicted octanol–water partition coefficient (Wildman–Crippen LogP) is -1.43. The van der Waals surface area contributed by atoms with E-state index in [1.807, 2.05) is 0 Å². The van der Waals surface area contributed by atoms with E-state index in [1.165, 1.54) is 0 Å². The van der Waals surface area contributed by atoms with Crippen LogP contribution in [-0.2, 0) is 36.1 Å². The smallest absolute Gasteiger partial charge is 0.385 e. The molecule has 0 aliphatic carbocycles. The second-order valence-corrected chi connectivity index (χ2v) is 10.8. The monoisotopic (exact) mass is 545 g/mol. The maximum Gasteiger partial charge on any atom is 0.490 e. The largest absolute Gasteiger partial charge is 0.490 e. The van der Waals surface area contributed by atoms with Crippen LogP contribution in [0, 0.1) is 0 Å². The third-order valence-electron chi connectivity index (χ3n) is 3.48. The summed E-state index contributed by atoms with van der Waals surface area (Å²) in [5.41, 5.74) is 2.89. The molecule has 3 unspecified atom stereocenters. The van der Waals surface area contributed by atoms with Crippen LogP contribution in [0.3, 0.4) is 0 Å². The molecule has 182 valence electrons. The number of nitrogens with two attached hydrogens (primary N) is 1. The highest BCUT2D eigenvalue weighted by Gasteiger charge is 2.50. The zero-order chi connectivity index (χ0) is 24.6. The maximum absolute atomic E-state index is 12.3. The van der Waals surface area contributed by atoms with E-state index in [0.717, 1.165) is 6.20 Å². The summed E-state index contributed by atoms with van der Waals surface area (Å²) in [6.45, 7) is 0. The Bertz CT molecular complexity index is 1090. The minimum absolute atomic E-state index is 0.464. The van der Waals surface area contributed by atoms with Crippen LogP contribution in [0.4, 0.5) is 0 Å². The zero-order valence-corrected chi connectivity index (χ0v) is 18.8. The van der Waals surface area contributed by atoms with Gasteiger partial charge < -0.3 is 35.4 Å². The molecule has 18 nitrogen and oxygen atoms in total. The molecule has 2 heterocycles. The van der Waals surface area contributed by atoms with E-state index in [-0.39, 0.29) is 0 Å². The Labute approximate surface area is 181 Å². The number of aliphatic hydroxyl groups excluding tert-OH is 2. The van der Waals surface area contributed by atoms with Crippen LogP contribution in [0.5, 0.6) is 0 Å². The van der Waals surface area contributed by atoms with Crippen molar-refractivity contribution in [1.29, 1.82) is 0 Å². The lowest BCUT2D eigenvalue weighted by atomic mass is 10.2. The fourth-order valence-corrected chi connectivity index (χ4v) is 5.75. The van der Waals surface area contributed by atoms with Crippen molar-refractivity contribution in [2.45, 2.75) is 24.7 Å². The molecule has 1 aromatic rings. The first-order valence-corrected chi connectivity index (χ1v) is 12.6. The van der Waals surface area contributed by atoms with Crippen LogP contribution in [0.25, 0.3) is 0 Å². The molecular weight excluding hydrogens is 530 g/mol. The van der Waals surface area contributed by atoms with E-state index in [0.29, 0.717) is 11.7 Å². The Morgan fingerprint density at radius 3 is 2.25 bits per heavy atom. The first-order valence-electron chi connectivity index (χ1n) is 7.74. The number of nitrogens with zero attached hydrogens (tertiary/aromatic N) is 2. The summed E-state index contributed by atoms with van der Waals surface area (Å²) >= 11 is 5.67. The van der Waals surface area contributed by atoms with Gasteiger partial charge >= 0.3 is 23.5 Å². The van der Waals surface area contributed by atoms with E-state index in [4.69, 9.17) is 27.0 Å². The second-order valence-electron chi connectivity index (χ2n) is 5.72. The predicted molar refractivity (Wildman–Crippen MR) is 97.7 cm³/mol. The lowest BCUT2D eigenvalue weighted by molar-refractivity contribution is -0.135. The molecule has 0 aromatic carbocycles. The average molecular weight is 546 g/mol. The van der Waals surface area contributed by atoms with Gasteiger partial charge in [-0.2, -0.15) is 8.62 Å². The van der Waals surface area contributed by atoms with Gasteiger partial charge in [0, 0.05) is 13.3 Å². The molecule has 1 amide bonds. The van der Waals surface area contributed by atoms with Crippen molar-refractivity contribution < 1.29 is 65.8 Å². The number of ether oxygens (including phenoxy) is 1. The Hall–Kier alpha value is -1.07. The number of primary amides is 1. The van der Waals surface area contributed by atoms with Gasteiger partial charge in [-0.3, -0.25) is 23.2 Å². The van der Waals surface area contributed by atoms with Gasteiger partial charge in [0.05, 0.1) is 0 Å². The Morgan fingerprint density at radius 2 is 1.72 bits per heavy atom. The number of carbonyl (C=O) groups excluding carboxylic acids is 1. The topological polar surface area (TPSA) is 276 Å². The second kappa shape index (κ2) is 9.66. The van der Waals surface area contributed by atoms with E-state index < -0.39 is 70.5 Å². The number of halogens is 1. The molecule has 22 heteroatoms. The number of rotatable bonds is 9. The van der Waals surface area contributed by atoms with Crippen molar-refractivity contribution >= 4 is 41.0 Å². The van der Waals surface area contributed by atoms with Crippen LogP contribution in [0.15, 0.2) is 11.0 Å². The van der Waals surface area contributed by atoms with Crippen LogP contribution in [0.1, 0.15) is 16.7 Å². The summed E-state index contributed by atoms with van der Waals surface area (Å²) in [7, 11) is -16.0. The Morgan fingerprint density at radius 1 is 1.16 bits per heavy atom. The molecule has 0 saturated carbocycles. The molecule has 0 radical (unpaired) electrons. The highest BCUT2D eigenvalue weighted by atomic mass is 35.5. The molecule has 1 saturated heterocycles. The number of amides is 1. The first-order chi connectivity index (χ1) is 14.5. The van der Waals surface area contributed by atoms with Crippen molar-refractivity contribution in [3.8, 4) is 0 Å². The van der Waals surface area contributed by atoms with Gasteiger partial charge in [-0.05, 0) is 0 Å². The van der Waals surface area contributed by atoms with Crippen LogP contribution >= 0.6 is 35.1 Å². The molecule has 7 atom stereocenters. The van der Waals surface area contributed by atoms with Gasteiger partial charge in [-0.15, -0.1) is 0 Å². The molecule has 1 aliphatic rings. The number of phosphoric acid groups is 3. The lowest BCUT2D eigenvalue weighted by Gasteiger charge is -2.21. The zero-order valence-electron chi connectivity index (χ0n) is 15.4. The summed E-state index contributed by atoms with van der Waals surface area (Å²) in [5, 5.41) is 19.7. The standard InChI is InChI=1S/C10H15ClN3O15P3/c1-25-30(19,20)28-32(23,24)29-31(21,22)27-10-6(16)5(15)9(26-10)14-2-3(11)13-4(7(12)17)8(14)18/h2,5-6,9-10,15-16H,1H3,(H2,12,17)(H,19,20)(H,21,22)(H,23,24)/t5-,6+,9-,10-/m1/s1. The first kappa shape index (κ1) is 27.2. The van der Waals surface area contributed by atoms with Gasteiger partial charge in [-0.1, -0.05) is 11.6 Å². The molecule has 7 N–H and O–H groups in total. The lowest BCUT2D eigenvalue weighted by Crippen LogP contribution is -2.38. The van der Waals surface area contributed by atoms with Crippen molar-refractivity contribution in [1.82, 2.24) is 9.55 Å². The third kappa shape index (κ3) is 6.50. The number of aliphatic hydroxyl groups is 2. The number of aromatic nitrogens is 2. The summed E-state index contributed by atoms with van der Waals surface area (Å²) < 4.78 is 55.8. The fraction of sp³-hybridized carbons (Fsp3) is 0.500. The number of hydrogen-bond acceptors (Lipinski definition) is 13. The summed E-state index contributed by atoms with van der Waals surface area (Å²) in [4.78, 5) is 54.9. The van der Waals surface area contributed by atoms with Gasteiger partial charge in [0.2, 0.25) is 0 Å². The molecule has 0 spiro atoms. The van der Waals surface area contributed by atoms with E-state index in [9.17, 15) is 43.3 Å². The van der Waals surface area contributed by atoms with E-state index >= 15 is 0 Å². The molecule has 2 rings (SSSR count). The van der Waals surface area contributed by atoms with Gasteiger partial charge in [-0.25, -0.2) is 18.7 Å². The third-order valence-corrected chi connectivity index (χ3v) is 7.90. The quantitative estimate of drug-likeness (QED) is 0.194. The van der Waals surface area contributed by atoms with Crippen LogP contribution < -0.4 is 11.3 Å². The van der Waals surface area contributed by atoms with E-state index in [2.05, 4.69) is 22.7 Å². The Kier molecular flexibility index (Phi) is 8.20. The maximum atomic E-state index is 12.3. The van der Waals surface area contributed by atoms with Gasteiger partial charge in [0.25, 0.3) is 11.5 Å². The van der Waals surface area contributed by atoms with Crippen molar-refractivity contribution in [2.24, 2.45) is 5.73 Å². The molecule has 1 aliphatic heterocycles. The highest BCUT2D eigenvalue weighted by Crippen LogP contribution is 2.68. The van der Waals surface area contributed by atoms with Crippen molar-refractivity contribution in [3.05, 3.63) is 27.4 Å². The number of phosphoric ester groups is 2. The van der Waals surface area contributed by atoms with E-state index in [1.54, 1.807) is 0 Å². The number of carbonyl (C=O) groups is 1. The molecule has 1 aromatic heterocycles. The molecule has 0 bridgehead atoms. The SMILES string of the molecule is COP(=O)(O)OP(=O)(O)OP(=O)(O)O[C@H]1O[C@@H](n2cc(Cl)nc(C(N)=O)c2=O)[C@H](O)[C@@H]1O. The summed E-state index contributed by atoms with van der Waals surface area (Å²) in [6.07, 6.45) is -7.63. The molecular formula is C10H15ClN3O15P3. The van der Waals surface area contributed by atoms with Crippen molar-refractivity contribution in [3.63, 3.8) is 0 Å². The Balaban J connectivity index is 2.25. The van der Waals surface area contributed by atoms with Crippen LogP contribution in [0.2, 0.25) is 5.15 Å². The van der Waals surface area contributed by atoms with Crippen LogP contribution in [-0.4, -0.2) is 66.0 Å². The summed E-state index contributed by atoms with van der Waals surface area (Å²) in [5.74, 6) is -1.30. The van der Waals surface area contributed by atoms with Gasteiger partial charge in [0.15, 0.2) is 18.2 Å². The average Bonchev–Trinajstić information content (AvgIpc) is 2.89. The van der Waals surface area contributed by atoms with Crippen molar-refractivity contribution in [2.75, 3.05) is 7.11 Å². The minimum Gasteiger partial charge on any atom is -0.385 e. The molecule has 32 heavy (non-hydrogen) atoms. The minimum atomic E-state index is -5.76. The molecule has 1 fully saturated rings. The fourth-order valence-electron chi connectivity index (χ4n) is 2.23. The normalized spacial score (nSPS) is 29.1. The highest BCUT2D eigenvalue weighted by molar-refractivity contribution is 7.66. The summed E-state index contributed by atoms with van der Waals surface area (Å²) in [6, 6.07) is 0. The van der Waals surface area contributed by atoms with Gasteiger partial charge in [0.1, 0.15) is 17.4 Å². The number of hydrogen-bond donors (Lipinski definition) is 6.